The van der Waals surface area contributed by atoms with Crippen LogP contribution < -0.4 is 0 Å². The fraction of sp³-hybridized carbons (Fsp3) is 0.400. The number of phenolic OH excluding ortho intramolecular Hbond substituents is 2. The van der Waals surface area contributed by atoms with Crippen LogP contribution in [0.25, 0.3) is 0 Å². The normalized spacial score (nSPS) is 16.4. The Morgan fingerprint density at radius 1 is 1.08 bits per heavy atom. The molecule has 0 spiro atoms. The maximum atomic E-state index is 9.22. The van der Waals surface area contributed by atoms with Crippen LogP contribution in [0.4, 0.5) is 0 Å². The molecule has 1 aliphatic rings. The summed E-state index contributed by atoms with van der Waals surface area (Å²) in [4.78, 5) is 0. The highest BCUT2D eigenvalue weighted by atomic mass is 16.3. The van der Waals surface area contributed by atoms with E-state index < -0.39 is 0 Å². The van der Waals surface area contributed by atoms with Crippen LogP contribution in [0.15, 0.2) is 12.1 Å². The molecule has 0 bridgehead atoms. The maximum absolute atomic E-state index is 9.22. The summed E-state index contributed by atoms with van der Waals surface area (Å²) in [6, 6.07) is 3.35. The predicted molar refractivity (Wildman–Crippen MR) is 46.3 cm³/mol. The largest absolute Gasteiger partial charge is 0.504 e. The summed E-state index contributed by atoms with van der Waals surface area (Å²) >= 11 is 0. The molecule has 0 saturated carbocycles. The van der Waals surface area contributed by atoms with Gasteiger partial charge in [0, 0.05) is 0 Å². The third-order valence-corrected chi connectivity index (χ3v) is 2.43. The Morgan fingerprint density at radius 2 is 1.50 bits per heavy atom. The standard InChI is InChI=1S/C10H12O2/c1-6-2-7-4-9(11)10(12)5-8(7)3-6/h4-6,11-12H,2-3H2,1H3. The van der Waals surface area contributed by atoms with E-state index in [1.165, 1.54) is 11.1 Å². The first-order chi connectivity index (χ1) is 5.66. The highest BCUT2D eigenvalue weighted by Crippen LogP contribution is 2.34. The summed E-state index contributed by atoms with van der Waals surface area (Å²) in [5.74, 6) is 0.645. The molecular formula is C10H12O2. The molecule has 0 fully saturated rings. The van der Waals surface area contributed by atoms with Crippen LogP contribution in [0.1, 0.15) is 18.1 Å². The van der Waals surface area contributed by atoms with Gasteiger partial charge in [-0.3, -0.25) is 0 Å². The fourth-order valence-corrected chi connectivity index (χ4v) is 1.87. The van der Waals surface area contributed by atoms with Crippen molar-refractivity contribution in [2.45, 2.75) is 19.8 Å². The Kier molecular flexibility index (Phi) is 1.50. The minimum absolute atomic E-state index is 0.00264. The molecule has 64 valence electrons. The van der Waals surface area contributed by atoms with E-state index in [0.717, 1.165) is 12.8 Å². The lowest BCUT2D eigenvalue weighted by Crippen LogP contribution is -1.89. The second-order valence-electron chi connectivity index (χ2n) is 3.62. The van der Waals surface area contributed by atoms with Gasteiger partial charge in [0.2, 0.25) is 0 Å². The molecule has 2 nitrogen and oxygen atoms in total. The number of rotatable bonds is 0. The number of hydrogen-bond acceptors (Lipinski definition) is 2. The zero-order valence-corrected chi connectivity index (χ0v) is 7.04. The molecular weight excluding hydrogens is 152 g/mol. The molecule has 0 saturated heterocycles. The Bertz CT molecular complexity index is 287. The molecule has 1 aromatic carbocycles. The van der Waals surface area contributed by atoms with Crippen LogP contribution in [0.2, 0.25) is 0 Å². The van der Waals surface area contributed by atoms with E-state index >= 15 is 0 Å². The number of hydrogen-bond donors (Lipinski definition) is 2. The van der Waals surface area contributed by atoms with Crippen LogP contribution in [0.5, 0.6) is 11.5 Å². The smallest absolute Gasteiger partial charge is 0.157 e. The third-order valence-electron chi connectivity index (χ3n) is 2.43. The topological polar surface area (TPSA) is 40.5 Å². The van der Waals surface area contributed by atoms with Crippen molar-refractivity contribution in [3.05, 3.63) is 23.3 Å². The summed E-state index contributed by atoms with van der Waals surface area (Å²) in [5, 5.41) is 18.4. The van der Waals surface area contributed by atoms with Crippen molar-refractivity contribution < 1.29 is 10.2 Å². The third kappa shape index (κ3) is 1.04. The average molecular weight is 164 g/mol. The van der Waals surface area contributed by atoms with E-state index in [0.29, 0.717) is 5.92 Å². The van der Waals surface area contributed by atoms with Crippen molar-refractivity contribution in [1.82, 2.24) is 0 Å². The summed E-state index contributed by atoms with van der Waals surface area (Å²) < 4.78 is 0. The molecule has 0 radical (unpaired) electrons. The van der Waals surface area contributed by atoms with Crippen molar-refractivity contribution in [3.8, 4) is 11.5 Å². The summed E-state index contributed by atoms with van der Waals surface area (Å²) in [5.41, 5.74) is 2.36. The first-order valence-electron chi connectivity index (χ1n) is 4.20. The van der Waals surface area contributed by atoms with Gasteiger partial charge in [0.15, 0.2) is 11.5 Å². The quantitative estimate of drug-likeness (QED) is 0.574. The lowest BCUT2D eigenvalue weighted by atomic mass is 10.1. The van der Waals surface area contributed by atoms with Gasteiger partial charge < -0.3 is 10.2 Å². The van der Waals surface area contributed by atoms with E-state index in [2.05, 4.69) is 6.92 Å². The van der Waals surface area contributed by atoms with Gasteiger partial charge in [-0.25, -0.2) is 0 Å². The van der Waals surface area contributed by atoms with Crippen molar-refractivity contribution in [3.63, 3.8) is 0 Å². The molecule has 2 heteroatoms. The molecule has 2 N–H and O–H groups in total. The second-order valence-corrected chi connectivity index (χ2v) is 3.62. The molecule has 2 rings (SSSR count). The van der Waals surface area contributed by atoms with Crippen molar-refractivity contribution >= 4 is 0 Å². The van der Waals surface area contributed by atoms with E-state index in [1.54, 1.807) is 12.1 Å². The number of benzene rings is 1. The molecule has 0 aliphatic heterocycles. The summed E-state index contributed by atoms with van der Waals surface area (Å²) in [6.45, 7) is 2.17. The molecule has 0 aromatic heterocycles. The van der Waals surface area contributed by atoms with E-state index in [-0.39, 0.29) is 11.5 Å². The van der Waals surface area contributed by atoms with Crippen LogP contribution in [-0.2, 0) is 12.8 Å². The summed E-state index contributed by atoms with van der Waals surface area (Å²) in [7, 11) is 0. The van der Waals surface area contributed by atoms with Gasteiger partial charge in [-0.15, -0.1) is 0 Å². The molecule has 0 unspecified atom stereocenters. The minimum Gasteiger partial charge on any atom is -0.504 e. The maximum Gasteiger partial charge on any atom is 0.157 e. The lowest BCUT2D eigenvalue weighted by Gasteiger charge is -2.01. The van der Waals surface area contributed by atoms with Gasteiger partial charge in [0.05, 0.1) is 0 Å². The van der Waals surface area contributed by atoms with Crippen molar-refractivity contribution in [2.75, 3.05) is 0 Å². The van der Waals surface area contributed by atoms with Crippen LogP contribution in [0.3, 0.4) is 0 Å². The molecule has 1 aliphatic carbocycles. The Hall–Kier alpha value is -1.18. The molecule has 12 heavy (non-hydrogen) atoms. The lowest BCUT2D eigenvalue weighted by molar-refractivity contribution is 0.403. The van der Waals surface area contributed by atoms with Crippen LogP contribution in [0, 0.1) is 5.92 Å². The van der Waals surface area contributed by atoms with Gasteiger partial charge >= 0.3 is 0 Å². The van der Waals surface area contributed by atoms with Crippen LogP contribution in [-0.4, -0.2) is 10.2 Å². The van der Waals surface area contributed by atoms with Gasteiger partial charge in [0.25, 0.3) is 0 Å². The predicted octanol–water partition coefficient (Wildman–Crippen LogP) is 1.83. The highest BCUT2D eigenvalue weighted by molar-refractivity contribution is 5.47. The Labute approximate surface area is 71.5 Å². The molecule has 0 heterocycles. The highest BCUT2D eigenvalue weighted by Gasteiger charge is 2.19. The fourth-order valence-electron chi connectivity index (χ4n) is 1.87. The first kappa shape index (κ1) is 7.47. The van der Waals surface area contributed by atoms with Crippen LogP contribution >= 0.6 is 0 Å². The Balaban J connectivity index is 2.48. The van der Waals surface area contributed by atoms with E-state index in [9.17, 15) is 10.2 Å². The average Bonchev–Trinajstić information content (AvgIpc) is 2.30. The second kappa shape index (κ2) is 2.41. The number of fused-ring (bicyclic) bond motifs is 1. The zero-order valence-electron chi connectivity index (χ0n) is 7.04. The zero-order chi connectivity index (χ0) is 8.72. The van der Waals surface area contributed by atoms with E-state index in [1.807, 2.05) is 0 Å². The molecule has 1 aromatic rings. The molecule has 0 atom stereocenters. The number of phenols is 2. The monoisotopic (exact) mass is 164 g/mol. The van der Waals surface area contributed by atoms with Crippen molar-refractivity contribution in [1.29, 1.82) is 0 Å². The first-order valence-corrected chi connectivity index (χ1v) is 4.20. The number of aromatic hydroxyl groups is 2. The SMILES string of the molecule is CC1Cc2cc(O)c(O)cc2C1. The molecule has 0 amide bonds. The minimum atomic E-state index is 0.00264. The summed E-state index contributed by atoms with van der Waals surface area (Å²) in [6.07, 6.45) is 2.03. The van der Waals surface area contributed by atoms with Gasteiger partial charge in [0.1, 0.15) is 0 Å². The van der Waals surface area contributed by atoms with Gasteiger partial charge in [-0.05, 0) is 42.0 Å². The van der Waals surface area contributed by atoms with Crippen molar-refractivity contribution in [2.24, 2.45) is 5.92 Å². The Morgan fingerprint density at radius 3 is 1.92 bits per heavy atom. The van der Waals surface area contributed by atoms with Gasteiger partial charge in [-0.2, -0.15) is 0 Å². The van der Waals surface area contributed by atoms with E-state index in [4.69, 9.17) is 0 Å². The van der Waals surface area contributed by atoms with Gasteiger partial charge in [-0.1, -0.05) is 6.92 Å².